The summed E-state index contributed by atoms with van der Waals surface area (Å²) in [6.07, 6.45) is 38.8. The molecule has 0 rings (SSSR count). The number of allylic oxidation sites excluding steroid dienone is 4. The first-order valence-electron chi connectivity index (χ1n) is 20.3. The fourth-order valence-electron chi connectivity index (χ4n) is 5.60. The van der Waals surface area contributed by atoms with Crippen molar-refractivity contribution < 1.29 is 28.6 Å². The molecule has 0 aromatic rings. The lowest BCUT2D eigenvalue weighted by atomic mass is 10.1. The van der Waals surface area contributed by atoms with Gasteiger partial charge >= 0.3 is 17.9 Å². The zero-order valence-electron chi connectivity index (χ0n) is 31.8. The SMILES string of the molecule is CCC/C=C\C/C=C\CCCCCCCC(=O)OCC(COC(=O)CCCCCCCCCC)OC(=O)CCCCCCCCCCC. The highest BCUT2D eigenvalue weighted by Crippen LogP contribution is 2.13. The van der Waals surface area contributed by atoms with Gasteiger partial charge in [0, 0.05) is 19.3 Å². The van der Waals surface area contributed by atoms with Gasteiger partial charge in [-0.1, -0.05) is 167 Å². The third kappa shape index (κ3) is 35.2. The summed E-state index contributed by atoms with van der Waals surface area (Å²) in [5.41, 5.74) is 0. The highest BCUT2D eigenvalue weighted by atomic mass is 16.6. The number of hydrogen-bond donors (Lipinski definition) is 0. The standard InChI is InChI=1S/C42H76O6/c1-4-7-10-13-16-19-20-21-22-24-26-29-32-35-41(44)47-38-39(37-46-40(43)34-31-28-25-18-15-12-9-6-3)48-42(45)36-33-30-27-23-17-14-11-8-5-2/h10,13,19-20,39H,4-9,11-12,14-18,21-38H2,1-3H3/b13-10-,20-19-. The van der Waals surface area contributed by atoms with Crippen LogP contribution in [0.5, 0.6) is 0 Å². The largest absolute Gasteiger partial charge is 0.462 e. The number of esters is 3. The van der Waals surface area contributed by atoms with Crippen molar-refractivity contribution in [1.82, 2.24) is 0 Å². The Kier molecular flexibility index (Phi) is 36.0. The first kappa shape index (κ1) is 45.9. The van der Waals surface area contributed by atoms with Crippen LogP contribution < -0.4 is 0 Å². The van der Waals surface area contributed by atoms with Crippen LogP contribution in [0.25, 0.3) is 0 Å². The molecule has 0 aromatic heterocycles. The van der Waals surface area contributed by atoms with E-state index in [1.54, 1.807) is 0 Å². The second-order valence-corrected chi connectivity index (χ2v) is 13.6. The summed E-state index contributed by atoms with van der Waals surface area (Å²) in [6, 6.07) is 0. The lowest BCUT2D eigenvalue weighted by Gasteiger charge is -2.18. The van der Waals surface area contributed by atoms with Crippen LogP contribution in [0, 0.1) is 0 Å². The number of rotatable bonds is 36. The summed E-state index contributed by atoms with van der Waals surface area (Å²) in [4.78, 5) is 37.4. The van der Waals surface area contributed by atoms with Gasteiger partial charge in [-0.3, -0.25) is 14.4 Å². The van der Waals surface area contributed by atoms with Gasteiger partial charge in [0.1, 0.15) is 13.2 Å². The van der Waals surface area contributed by atoms with E-state index < -0.39 is 6.10 Å². The molecule has 280 valence electrons. The predicted octanol–water partition coefficient (Wildman–Crippen LogP) is 12.5. The van der Waals surface area contributed by atoms with E-state index in [2.05, 4.69) is 45.1 Å². The molecule has 0 amide bonds. The number of carbonyl (C=O) groups excluding carboxylic acids is 3. The molecule has 1 unspecified atom stereocenters. The van der Waals surface area contributed by atoms with Crippen molar-refractivity contribution >= 4 is 17.9 Å². The van der Waals surface area contributed by atoms with E-state index in [4.69, 9.17) is 14.2 Å². The van der Waals surface area contributed by atoms with Crippen LogP contribution in [0.1, 0.15) is 207 Å². The van der Waals surface area contributed by atoms with Gasteiger partial charge in [0.05, 0.1) is 0 Å². The van der Waals surface area contributed by atoms with Crippen LogP contribution in [-0.4, -0.2) is 37.2 Å². The molecular formula is C42H76O6. The number of carbonyl (C=O) groups is 3. The summed E-state index contributed by atoms with van der Waals surface area (Å²) in [5.74, 6) is -0.896. The number of unbranched alkanes of at least 4 members (excludes halogenated alkanes) is 21. The molecule has 0 aliphatic heterocycles. The zero-order valence-corrected chi connectivity index (χ0v) is 31.8. The molecule has 0 aliphatic rings. The van der Waals surface area contributed by atoms with Crippen LogP contribution in [-0.2, 0) is 28.6 Å². The Balaban J connectivity index is 4.35. The first-order valence-corrected chi connectivity index (χ1v) is 20.3. The predicted molar refractivity (Wildman–Crippen MR) is 201 cm³/mol. The summed E-state index contributed by atoms with van der Waals surface area (Å²) < 4.78 is 16.6. The van der Waals surface area contributed by atoms with Gasteiger partial charge in [-0.15, -0.1) is 0 Å². The molecule has 0 fully saturated rings. The van der Waals surface area contributed by atoms with E-state index in [0.717, 1.165) is 83.5 Å². The average molecular weight is 677 g/mol. The Morgan fingerprint density at radius 3 is 1.23 bits per heavy atom. The van der Waals surface area contributed by atoms with Gasteiger partial charge in [0.2, 0.25) is 0 Å². The monoisotopic (exact) mass is 677 g/mol. The Hall–Kier alpha value is -2.11. The fraction of sp³-hybridized carbons (Fsp3) is 0.833. The van der Waals surface area contributed by atoms with E-state index in [-0.39, 0.29) is 31.1 Å². The van der Waals surface area contributed by atoms with E-state index in [9.17, 15) is 14.4 Å². The molecule has 6 heteroatoms. The van der Waals surface area contributed by atoms with E-state index >= 15 is 0 Å². The smallest absolute Gasteiger partial charge is 0.306 e. The molecule has 0 saturated carbocycles. The average Bonchev–Trinajstić information content (AvgIpc) is 3.08. The molecule has 0 bridgehead atoms. The van der Waals surface area contributed by atoms with E-state index in [1.165, 1.54) is 83.5 Å². The maximum atomic E-state index is 12.6. The number of ether oxygens (including phenoxy) is 3. The Labute approximate surface area is 296 Å². The van der Waals surface area contributed by atoms with Gasteiger partial charge in [-0.2, -0.15) is 0 Å². The van der Waals surface area contributed by atoms with Crippen molar-refractivity contribution in [3.8, 4) is 0 Å². The summed E-state index contributed by atoms with van der Waals surface area (Å²) in [5, 5.41) is 0. The van der Waals surface area contributed by atoms with Crippen molar-refractivity contribution in [3.63, 3.8) is 0 Å². The molecule has 0 N–H and O–H groups in total. The second-order valence-electron chi connectivity index (χ2n) is 13.6. The Morgan fingerprint density at radius 1 is 0.417 bits per heavy atom. The lowest BCUT2D eigenvalue weighted by Crippen LogP contribution is -2.30. The molecule has 0 heterocycles. The van der Waals surface area contributed by atoms with Gasteiger partial charge < -0.3 is 14.2 Å². The summed E-state index contributed by atoms with van der Waals surface area (Å²) in [6.45, 7) is 6.49. The van der Waals surface area contributed by atoms with Crippen molar-refractivity contribution in [2.75, 3.05) is 13.2 Å². The lowest BCUT2D eigenvalue weighted by molar-refractivity contribution is -0.167. The highest BCUT2D eigenvalue weighted by Gasteiger charge is 2.19. The Bertz CT molecular complexity index is 789. The molecule has 48 heavy (non-hydrogen) atoms. The van der Waals surface area contributed by atoms with Crippen LogP contribution in [0.3, 0.4) is 0 Å². The topological polar surface area (TPSA) is 78.9 Å². The van der Waals surface area contributed by atoms with Gasteiger partial charge in [-0.05, 0) is 44.9 Å². The van der Waals surface area contributed by atoms with Gasteiger partial charge in [-0.25, -0.2) is 0 Å². The van der Waals surface area contributed by atoms with Crippen LogP contribution in [0.2, 0.25) is 0 Å². The normalized spacial score (nSPS) is 12.1. The minimum Gasteiger partial charge on any atom is -0.462 e. The maximum Gasteiger partial charge on any atom is 0.306 e. The molecule has 0 saturated heterocycles. The van der Waals surface area contributed by atoms with Crippen LogP contribution in [0.15, 0.2) is 24.3 Å². The highest BCUT2D eigenvalue weighted by molar-refractivity contribution is 5.71. The molecule has 0 radical (unpaired) electrons. The molecule has 0 spiro atoms. The first-order chi connectivity index (χ1) is 23.5. The minimum absolute atomic E-state index is 0.0733. The summed E-state index contributed by atoms with van der Waals surface area (Å²) >= 11 is 0. The third-order valence-corrected chi connectivity index (χ3v) is 8.69. The Morgan fingerprint density at radius 2 is 0.792 bits per heavy atom. The second kappa shape index (κ2) is 37.7. The molecular weight excluding hydrogens is 600 g/mol. The number of hydrogen-bond acceptors (Lipinski definition) is 6. The summed E-state index contributed by atoms with van der Waals surface area (Å²) in [7, 11) is 0. The van der Waals surface area contributed by atoms with E-state index in [1.807, 2.05) is 0 Å². The molecule has 6 nitrogen and oxygen atoms in total. The van der Waals surface area contributed by atoms with Crippen molar-refractivity contribution in [1.29, 1.82) is 0 Å². The van der Waals surface area contributed by atoms with E-state index in [0.29, 0.717) is 19.3 Å². The van der Waals surface area contributed by atoms with Gasteiger partial charge in [0.15, 0.2) is 6.10 Å². The van der Waals surface area contributed by atoms with Crippen LogP contribution >= 0.6 is 0 Å². The quantitative estimate of drug-likeness (QED) is 0.0284. The zero-order chi connectivity index (χ0) is 35.2. The maximum absolute atomic E-state index is 12.6. The molecule has 0 aromatic carbocycles. The third-order valence-electron chi connectivity index (χ3n) is 8.69. The van der Waals surface area contributed by atoms with Crippen molar-refractivity contribution in [3.05, 3.63) is 24.3 Å². The molecule has 1 atom stereocenters. The fourth-order valence-corrected chi connectivity index (χ4v) is 5.60. The van der Waals surface area contributed by atoms with Gasteiger partial charge in [0.25, 0.3) is 0 Å². The molecule has 0 aliphatic carbocycles. The van der Waals surface area contributed by atoms with Crippen LogP contribution in [0.4, 0.5) is 0 Å². The van der Waals surface area contributed by atoms with Crippen molar-refractivity contribution in [2.24, 2.45) is 0 Å². The van der Waals surface area contributed by atoms with Crippen molar-refractivity contribution in [2.45, 2.75) is 213 Å². The minimum atomic E-state index is -0.766.